The zero-order valence-electron chi connectivity index (χ0n) is 13.2. The molecule has 0 aliphatic heterocycles. The molecule has 2 aromatic rings. The first-order chi connectivity index (χ1) is 11.0. The van der Waals surface area contributed by atoms with Crippen LogP contribution in [0.4, 0.5) is 5.69 Å². The third-order valence-corrected chi connectivity index (χ3v) is 4.39. The second kappa shape index (κ2) is 11.1. The SMILES string of the molecule is CN=Cc1ccccc1Pc1cc(N(C)C)ccc1O.[Cl][Ti][Cl]. The van der Waals surface area contributed by atoms with Gasteiger partial charge in [0.25, 0.3) is 0 Å². The quantitative estimate of drug-likeness (QED) is 0.480. The molecule has 0 saturated heterocycles. The van der Waals surface area contributed by atoms with Gasteiger partial charge in [-0.15, -0.1) is 0 Å². The van der Waals surface area contributed by atoms with Crippen LogP contribution in [0, 0.1) is 0 Å². The first kappa shape index (κ1) is 20.5. The van der Waals surface area contributed by atoms with E-state index in [9.17, 15) is 5.11 Å². The number of anilines is 1. The van der Waals surface area contributed by atoms with Crippen LogP contribution in [0.25, 0.3) is 0 Å². The van der Waals surface area contributed by atoms with E-state index in [2.05, 4.69) is 11.1 Å². The van der Waals surface area contributed by atoms with Gasteiger partial charge in [-0.1, -0.05) is 32.8 Å². The predicted molar refractivity (Wildman–Crippen MR) is 102 cm³/mol. The third kappa shape index (κ3) is 6.83. The summed E-state index contributed by atoms with van der Waals surface area (Å²) in [4.78, 5) is 6.12. The maximum atomic E-state index is 10.1. The van der Waals surface area contributed by atoms with E-state index in [0.29, 0.717) is 14.3 Å². The summed E-state index contributed by atoms with van der Waals surface area (Å²) in [7, 11) is 15.9. The number of halogens is 2. The van der Waals surface area contributed by atoms with Crippen LogP contribution in [-0.2, 0) is 17.0 Å². The van der Waals surface area contributed by atoms with Crippen LogP contribution < -0.4 is 15.5 Å². The molecule has 1 atom stereocenters. The molecule has 23 heavy (non-hydrogen) atoms. The Morgan fingerprint density at radius 3 is 2.39 bits per heavy atom. The van der Waals surface area contributed by atoms with Crippen LogP contribution >= 0.6 is 27.2 Å². The molecule has 0 aliphatic carbocycles. The summed E-state index contributed by atoms with van der Waals surface area (Å²) in [5.41, 5.74) is 2.19. The van der Waals surface area contributed by atoms with Gasteiger partial charge in [0, 0.05) is 38.3 Å². The molecule has 3 nitrogen and oxygen atoms in total. The fraction of sp³-hybridized carbons (Fsp3) is 0.188. The molecule has 0 bridgehead atoms. The second-order valence-electron chi connectivity index (χ2n) is 4.77. The molecule has 1 unspecified atom stereocenters. The van der Waals surface area contributed by atoms with Gasteiger partial charge in [-0.25, -0.2) is 0 Å². The number of hydrogen-bond acceptors (Lipinski definition) is 3. The summed E-state index contributed by atoms with van der Waals surface area (Å²) in [6, 6.07) is 13.9. The van der Waals surface area contributed by atoms with Crippen molar-refractivity contribution in [2.75, 3.05) is 26.0 Å². The molecular formula is C16H19Cl2N2OPTi. The normalized spacial score (nSPS) is 10.7. The minimum absolute atomic E-state index is 0.345. The van der Waals surface area contributed by atoms with Gasteiger partial charge in [0.15, 0.2) is 0 Å². The Morgan fingerprint density at radius 1 is 1.13 bits per heavy atom. The number of hydrogen-bond donors (Lipinski definition) is 1. The van der Waals surface area contributed by atoms with E-state index in [1.165, 1.54) is 5.30 Å². The Kier molecular flexibility index (Phi) is 9.86. The first-order valence-electron chi connectivity index (χ1n) is 6.78. The van der Waals surface area contributed by atoms with Crippen molar-refractivity contribution < 1.29 is 22.1 Å². The topological polar surface area (TPSA) is 35.8 Å². The molecule has 2 aromatic carbocycles. The molecule has 1 N–H and O–H groups in total. The van der Waals surface area contributed by atoms with Crippen molar-refractivity contribution in [2.45, 2.75) is 0 Å². The van der Waals surface area contributed by atoms with Crippen molar-refractivity contribution in [1.29, 1.82) is 0 Å². The summed E-state index contributed by atoms with van der Waals surface area (Å²) in [6.07, 6.45) is 1.86. The van der Waals surface area contributed by atoms with Gasteiger partial charge in [0.1, 0.15) is 5.75 Å². The van der Waals surface area contributed by atoms with Crippen LogP contribution in [0.5, 0.6) is 5.75 Å². The number of phenols is 1. The van der Waals surface area contributed by atoms with Gasteiger partial charge in [-0.05, 0) is 29.1 Å². The van der Waals surface area contributed by atoms with E-state index in [1.54, 1.807) is 13.1 Å². The Hall–Kier alpha value is -0.566. The molecule has 2 rings (SSSR count). The van der Waals surface area contributed by atoms with Crippen molar-refractivity contribution in [2.24, 2.45) is 4.99 Å². The van der Waals surface area contributed by atoms with Gasteiger partial charge in [-0.3, -0.25) is 4.99 Å². The van der Waals surface area contributed by atoms with E-state index in [1.807, 2.05) is 55.5 Å². The Labute approximate surface area is 156 Å². The number of phenolic OH excluding ortho intramolecular Hbond substituents is 1. The average Bonchev–Trinajstić information content (AvgIpc) is 2.52. The van der Waals surface area contributed by atoms with Crippen LogP contribution in [0.15, 0.2) is 47.5 Å². The van der Waals surface area contributed by atoms with Gasteiger partial charge in [0.05, 0.1) is 0 Å². The monoisotopic (exact) mass is 404 g/mol. The molecule has 0 spiro atoms. The predicted octanol–water partition coefficient (Wildman–Crippen LogP) is 3.51. The van der Waals surface area contributed by atoms with E-state index < -0.39 is 17.0 Å². The average molecular weight is 405 g/mol. The molecule has 0 radical (unpaired) electrons. The number of aliphatic imine (C=N–C) groups is 1. The summed E-state index contributed by atoms with van der Waals surface area (Å²) in [5, 5.41) is 12.2. The van der Waals surface area contributed by atoms with Crippen molar-refractivity contribution in [3.63, 3.8) is 0 Å². The van der Waals surface area contributed by atoms with Crippen LogP contribution in [0.1, 0.15) is 5.56 Å². The zero-order valence-corrected chi connectivity index (χ0v) is 17.3. The molecule has 7 heteroatoms. The zero-order chi connectivity index (χ0) is 17.2. The molecule has 0 heterocycles. The standard InChI is InChI=1S/C16H19N2OP.2ClH.Ti/c1-17-11-12-6-4-5-7-15(12)20-16-10-13(18(2)3)8-9-14(16)19;;;/h4-11,19-20H,1-3H3;2*1H;/q;;;+2/p-2. The third-order valence-electron chi connectivity index (χ3n) is 2.99. The van der Waals surface area contributed by atoms with Crippen LogP contribution in [0.3, 0.4) is 0 Å². The van der Waals surface area contributed by atoms with Crippen molar-refractivity contribution in [3.05, 3.63) is 48.0 Å². The second-order valence-corrected chi connectivity index (χ2v) is 8.67. The van der Waals surface area contributed by atoms with Crippen LogP contribution in [-0.4, -0.2) is 32.5 Å². The number of nitrogens with zero attached hydrogens (tertiary/aromatic N) is 2. The molecular weight excluding hydrogens is 386 g/mol. The van der Waals surface area contributed by atoms with Crippen molar-refractivity contribution >= 4 is 49.7 Å². The van der Waals surface area contributed by atoms with Crippen LogP contribution in [0.2, 0.25) is 0 Å². The molecule has 0 aliphatic rings. The van der Waals surface area contributed by atoms with E-state index in [4.69, 9.17) is 18.6 Å². The summed E-state index contributed by atoms with van der Waals surface area (Å²) < 4.78 is 0. The number of benzene rings is 2. The Bertz CT molecular complexity index is 654. The molecule has 0 amide bonds. The summed E-state index contributed by atoms with van der Waals surface area (Å²) in [6.45, 7) is 0. The first-order valence-corrected chi connectivity index (χ1v) is 12.1. The maximum absolute atomic E-state index is 10.1. The number of rotatable bonds is 4. The summed E-state index contributed by atoms with van der Waals surface area (Å²) in [5.74, 6) is 0.345. The van der Waals surface area contributed by atoms with Crippen molar-refractivity contribution in [3.8, 4) is 5.75 Å². The Morgan fingerprint density at radius 2 is 1.78 bits per heavy atom. The van der Waals surface area contributed by atoms with Gasteiger partial charge >= 0.3 is 35.6 Å². The molecule has 0 aromatic heterocycles. The Balaban J connectivity index is 0.000000816. The van der Waals surface area contributed by atoms with Crippen molar-refractivity contribution in [1.82, 2.24) is 0 Å². The minimum atomic E-state index is -0.556. The van der Waals surface area contributed by atoms with E-state index >= 15 is 0 Å². The number of aromatic hydroxyl groups is 1. The van der Waals surface area contributed by atoms with Gasteiger partial charge < -0.3 is 10.0 Å². The fourth-order valence-electron chi connectivity index (χ4n) is 1.91. The van der Waals surface area contributed by atoms with E-state index in [-0.39, 0.29) is 0 Å². The molecule has 0 fully saturated rings. The fourth-order valence-corrected chi connectivity index (χ4v) is 3.10. The summed E-state index contributed by atoms with van der Waals surface area (Å²) >= 11 is -0.556. The van der Waals surface area contributed by atoms with Gasteiger partial charge in [0.2, 0.25) is 0 Å². The van der Waals surface area contributed by atoms with E-state index in [0.717, 1.165) is 16.6 Å². The molecule has 122 valence electrons. The van der Waals surface area contributed by atoms with Gasteiger partial charge in [-0.2, -0.15) is 0 Å². The molecule has 0 saturated carbocycles.